The SMILES string of the molecule is Cc1ccc(S(=O)(=O)N2C3C(O)CCCC32C)cc1. The van der Waals surface area contributed by atoms with Gasteiger partial charge in [-0.05, 0) is 45.2 Å². The molecule has 4 atom stereocenters. The molecule has 104 valence electrons. The minimum Gasteiger partial charge on any atom is -0.391 e. The van der Waals surface area contributed by atoms with E-state index in [0.717, 1.165) is 18.4 Å². The van der Waals surface area contributed by atoms with Gasteiger partial charge in [-0.25, -0.2) is 8.42 Å². The molecule has 3 rings (SSSR count). The molecule has 0 aromatic heterocycles. The quantitative estimate of drug-likeness (QED) is 0.839. The molecule has 0 spiro atoms. The maximum Gasteiger partial charge on any atom is 0.244 e. The van der Waals surface area contributed by atoms with Crippen LogP contribution < -0.4 is 0 Å². The van der Waals surface area contributed by atoms with Gasteiger partial charge in [-0.2, -0.15) is 4.31 Å². The summed E-state index contributed by atoms with van der Waals surface area (Å²) in [6.07, 6.45) is 1.88. The largest absolute Gasteiger partial charge is 0.391 e. The van der Waals surface area contributed by atoms with Crippen LogP contribution in [0, 0.1) is 6.92 Å². The Kier molecular flexibility index (Phi) is 2.78. The van der Waals surface area contributed by atoms with E-state index in [0.29, 0.717) is 11.3 Å². The van der Waals surface area contributed by atoms with Crippen molar-refractivity contribution in [2.45, 2.75) is 55.7 Å². The zero-order valence-corrected chi connectivity index (χ0v) is 12.0. The lowest BCUT2D eigenvalue weighted by molar-refractivity contribution is 0.135. The first-order valence-electron chi connectivity index (χ1n) is 6.67. The summed E-state index contributed by atoms with van der Waals surface area (Å²) < 4.78 is 26.8. The number of sulfonamides is 1. The smallest absolute Gasteiger partial charge is 0.244 e. The van der Waals surface area contributed by atoms with Gasteiger partial charge < -0.3 is 5.11 Å². The Morgan fingerprint density at radius 3 is 2.53 bits per heavy atom. The number of fused-ring (bicyclic) bond motifs is 1. The van der Waals surface area contributed by atoms with Gasteiger partial charge in [-0.1, -0.05) is 17.7 Å². The van der Waals surface area contributed by atoms with Crippen molar-refractivity contribution in [3.8, 4) is 0 Å². The number of aliphatic hydroxyl groups is 1. The first-order valence-corrected chi connectivity index (χ1v) is 8.11. The van der Waals surface area contributed by atoms with Gasteiger partial charge in [0.15, 0.2) is 0 Å². The first-order chi connectivity index (χ1) is 8.87. The summed E-state index contributed by atoms with van der Waals surface area (Å²) in [6.45, 7) is 3.87. The topological polar surface area (TPSA) is 57.4 Å². The molecule has 4 nitrogen and oxygen atoms in total. The average molecular weight is 281 g/mol. The number of benzene rings is 1. The lowest BCUT2D eigenvalue weighted by Gasteiger charge is -2.18. The number of nitrogens with zero attached hydrogens (tertiary/aromatic N) is 1. The monoisotopic (exact) mass is 281 g/mol. The van der Waals surface area contributed by atoms with Crippen molar-refractivity contribution < 1.29 is 13.5 Å². The predicted octanol–water partition coefficient (Wildman–Crippen LogP) is 1.67. The Morgan fingerprint density at radius 1 is 1.32 bits per heavy atom. The van der Waals surface area contributed by atoms with Crippen LogP contribution in [0.1, 0.15) is 31.7 Å². The normalized spacial score (nSPS) is 37.7. The summed E-state index contributed by atoms with van der Waals surface area (Å²) in [5, 5.41) is 10.0. The summed E-state index contributed by atoms with van der Waals surface area (Å²) in [7, 11) is -3.48. The molecule has 1 aliphatic carbocycles. The van der Waals surface area contributed by atoms with Crippen LogP contribution in [0.5, 0.6) is 0 Å². The van der Waals surface area contributed by atoms with Gasteiger partial charge >= 0.3 is 0 Å². The second-order valence-corrected chi connectivity index (χ2v) is 7.69. The van der Waals surface area contributed by atoms with Crippen molar-refractivity contribution in [3.05, 3.63) is 29.8 Å². The van der Waals surface area contributed by atoms with E-state index < -0.39 is 16.1 Å². The number of hydrogen-bond acceptors (Lipinski definition) is 3. The predicted molar refractivity (Wildman–Crippen MR) is 72.3 cm³/mol. The summed E-state index contributed by atoms with van der Waals surface area (Å²) in [5.74, 6) is 0. The minimum absolute atomic E-state index is 0.243. The lowest BCUT2D eigenvalue weighted by atomic mass is 9.89. The Hall–Kier alpha value is -0.910. The van der Waals surface area contributed by atoms with Crippen molar-refractivity contribution in [1.82, 2.24) is 4.31 Å². The third kappa shape index (κ3) is 1.83. The van der Waals surface area contributed by atoms with E-state index >= 15 is 0 Å². The van der Waals surface area contributed by atoms with Gasteiger partial charge in [0, 0.05) is 0 Å². The molecule has 0 amide bonds. The van der Waals surface area contributed by atoms with Crippen molar-refractivity contribution >= 4 is 10.0 Å². The van der Waals surface area contributed by atoms with Gasteiger partial charge in [-0.3, -0.25) is 0 Å². The van der Waals surface area contributed by atoms with Crippen LogP contribution in [0.3, 0.4) is 0 Å². The molecule has 1 N–H and O–H groups in total. The Morgan fingerprint density at radius 2 is 1.95 bits per heavy atom. The Labute approximate surface area is 114 Å². The van der Waals surface area contributed by atoms with Gasteiger partial charge in [0.05, 0.1) is 22.6 Å². The van der Waals surface area contributed by atoms with Crippen LogP contribution in [0.2, 0.25) is 0 Å². The second kappa shape index (κ2) is 4.04. The van der Waals surface area contributed by atoms with Crippen LogP contribution in [0.4, 0.5) is 0 Å². The van der Waals surface area contributed by atoms with E-state index in [2.05, 4.69) is 0 Å². The minimum atomic E-state index is -3.48. The van der Waals surface area contributed by atoms with Gasteiger partial charge in [-0.15, -0.1) is 0 Å². The molecule has 1 aliphatic heterocycles. The molecule has 4 unspecified atom stereocenters. The van der Waals surface area contributed by atoms with Crippen molar-refractivity contribution in [2.75, 3.05) is 0 Å². The third-order valence-electron chi connectivity index (χ3n) is 4.45. The third-order valence-corrected chi connectivity index (χ3v) is 6.48. The Balaban J connectivity index is 1.96. The molecular formula is C14H19NO3S. The van der Waals surface area contributed by atoms with E-state index in [-0.39, 0.29) is 11.6 Å². The standard InChI is InChI=1S/C14H19NO3S/c1-10-5-7-11(8-6-10)19(17,18)15-13-12(16)4-3-9-14(13,15)2/h5-8,12-13,16H,3-4,9H2,1-2H3. The highest BCUT2D eigenvalue weighted by Crippen LogP contribution is 2.53. The summed E-state index contributed by atoms with van der Waals surface area (Å²) >= 11 is 0. The fourth-order valence-electron chi connectivity index (χ4n) is 3.33. The maximum absolute atomic E-state index is 12.6. The Bertz CT molecular complexity index is 596. The molecular weight excluding hydrogens is 262 g/mol. The molecule has 19 heavy (non-hydrogen) atoms. The molecule has 0 bridgehead atoms. The molecule has 2 aliphatic rings. The number of aliphatic hydroxyl groups excluding tert-OH is 1. The number of aryl methyl sites for hydroxylation is 1. The highest BCUT2D eigenvalue weighted by Gasteiger charge is 2.68. The van der Waals surface area contributed by atoms with Crippen LogP contribution in [-0.4, -0.2) is 35.5 Å². The maximum atomic E-state index is 12.6. The fraction of sp³-hybridized carbons (Fsp3) is 0.571. The molecule has 1 heterocycles. The van der Waals surface area contributed by atoms with Crippen LogP contribution in [0.25, 0.3) is 0 Å². The van der Waals surface area contributed by atoms with Crippen LogP contribution >= 0.6 is 0 Å². The van der Waals surface area contributed by atoms with E-state index in [4.69, 9.17) is 0 Å². The molecule has 0 radical (unpaired) electrons. The van der Waals surface area contributed by atoms with E-state index in [1.165, 1.54) is 4.31 Å². The van der Waals surface area contributed by atoms with Gasteiger partial charge in [0.2, 0.25) is 10.0 Å². The van der Waals surface area contributed by atoms with Gasteiger partial charge in [0.25, 0.3) is 0 Å². The molecule has 1 aromatic rings. The first kappa shape index (κ1) is 13.1. The lowest BCUT2D eigenvalue weighted by Crippen LogP contribution is -2.27. The zero-order chi connectivity index (χ0) is 13.8. The van der Waals surface area contributed by atoms with E-state index in [1.807, 2.05) is 13.8 Å². The average Bonchev–Trinajstić information content (AvgIpc) is 2.98. The van der Waals surface area contributed by atoms with Crippen LogP contribution in [-0.2, 0) is 10.0 Å². The van der Waals surface area contributed by atoms with E-state index in [9.17, 15) is 13.5 Å². The van der Waals surface area contributed by atoms with Crippen molar-refractivity contribution in [2.24, 2.45) is 0 Å². The fourth-order valence-corrected chi connectivity index (χ4v) is 5.40. The summed E-state index contributed by atoms with van der Waals surface area (Å²) in [4.78, 5) is 0.320. The molecule has 5 heteroatoms. The highest BCUT2D eigenvalue weighted by atomic mass is 32.2. The van der Waals surface area contributed by atoms with Crippen LogP contribution in [0.15, 0.2) is 29.2 Å². The molecule has 1 saturated carbocycles. The van der Waals surface area contributed by atoms with Gasteiger partial charge in [0.1, 0.15) is 0 Å². The molecule has 1 saturated heterocycles. The number of rotatable bonds is 2. The molecule has 2 fully saturated rings. The van der Waals surface area contributed by atoms with Crippen molar-refractivity contribution in [3.63, 3.8) is 0 Å². The van der Waals surface area contributed by atoms with Crippen molar-refractivity contribution in [1.29, 1.82) is 0 Å². The summed E-state index contributed by atoms with van der Waals surface area (Å²) in [5.41, 5.74) is 0.648. The number of hydrogen-bond donors (Lipinski definition) is 1. The molecule has 1 aromatic carbocycles. The second-order valence-electron chi connectivity index (χ2n) is 5.88. The zero-order valence-electron chi connectivity index (χ0n) is 11.2. The van der Waals surface area contributed by atoms with E-state index in [1.54, 1.807) is 24.3 Å². The highest BCUT2D eigenvalue weighted by molar-refractivity contribution is 7.89. The summed E-state index contributed by atoms with van der Waals surface area (Å²) in [6, 6.07) is 6.65.